The topological polar surface area (TPSA) is 3.24 Å². The molecule has 2 aliphatic carbocycles. The second kappa shape index (κ2) is 7.84. The summed E-state index contributed by atoms with van der Waals surface area (Å²) in [4.78, 5) is 2.74. The van der Waals surface area contributed by atoms with Crippen LogP contribution in [0.15, 0.2) is 91.0 Å². The van der Waals surface area contributed by atoms with Crippen molar-refractivity contribution in [2.75, 3.05) is 4.90 Å². The number of fused-ring (bicyclic) bond motifs is 6. The Kier molecular flexibility index (Phi) is 4.84. The van der Waals surface area contributed by atoms with Gasteiger partial charge < -0.3 is 4.90 Å². The molecule has 0 spiro atoms. The molecule has 0 saturated heterocycles. The minimum atomic E-state index is 0.0418. The maximum Gasteiger partial charge on any atom is 0.0594 e. The average Bonchev–Trinajstić information content (AvgIpc) is 3.39. The van der Waals surface area contributed by atoms with Gasteiger partial charge in [-0.2, -0.15) is 0 Å². The summed E-state index contributed by atoms with van der Waals surface area (Å²) in [5.74, 6) is 0. The van der Waals surface area contributed by atoms with E-state index in [1.165, 1.54) is 76.0 Å². The third-order valence-corrected chi connectivity index (χ3v) is 9.97. The van der Waals surface area contributed by atoms with E-state index in [9.17, 15) is 0 Å². The van der Waals surface area contributed by atoms with E-state index >= 15 is 0 Å². The van der Waals surface area contributed by atoms with Crippen LogP contribution in [0.5, 0.6) is 0 Å². The molecule has 1 heterocycles. The number of hydrogen-bond acceptors (Lipinski definition) is 1. The molecule has 0 aromatic heterocycles. The number of nitrogens with zero attached hydrogens (tertiary/aromatic N) is 1. The molecule has 2 atom stereocenters. The second-order valence-electron chi connectivity index (χ2n) is 12.8. The predicted molar refractivity (Wildman–Crippen MR) is 157 cm³/mol. The lowest BCUT2D eigenvalue weighted by molar-refractivity contribution is 0.0608. The van der Waals surface area contributed by atoms with E-state index < -0.39 is 0 Å². The van der Waals surface area contributed by atoms with Crippen molar-refractivity contribution in [1.82, 2.24) is 0 Å². The molecule has 4 aromatic rings. The first-order valence-corrected chi connectivity index (χ1v) is 14.0. The minimum Gasteiger partial charge on any atom is -0.334 e. The van der Waals surface area contributed by atoms with Crippen molar-refractivity contribution in [3.63, 3.8) is 0 Å². The Morgan fingerprint density at radius 3 is 2.16 bits per heavy atom. The Morgan fingerprint density at radius 2 is 1.35 bits per heavy atom. The molecule has 1 fully saturated rings. The van der Waals surface area contributed by atoms with Crippen LogP contribution in [-0.2, 0) is 11.8 Å². The van der Waals surface area contributed by atoms with Crippen LogP contribution in [0.3, 0.4) is 0 Å². The lowest BCUT2D eigenvalue weighted by Gasteiger charge is -2.59. The molecular weight excluding hydrogens is 446 g/mol. The molecule has 2 unspecified atom stereocenters. The fraction of sp³-hybridized carbons (Fsp3) is 0.333. The summed E-state index contributed by atoms with van der Waals surface area (Å²) in [6.07, 6.45) is 6.10. The zero-order chi connectivity index (χ0) is 25.4. The van der Waals surface area contributed by atoms with Crippen LogP contribution in [0.25, 0.3) is 22.3 Å². The van der Waals surface area contributed by atoms with Gasteiger partial charge in [0.25, 0.3) is 0 Å². The Hall–Kier alpha value is -3.32. The fourth-order valence-corrected chi connectivity index (χ4v) is 8.42. The van der Waals surface area contributed by atoms with E-state index in [0.29, 0.717) is 0 Å². The third-order valence-electron chi connectivity index (χ3n) is 9.97. The number of para-hydroxylation sites is 1. The van der Waals surface area contributed by atoms with Gasteiger partial charge in [0.05, 0.1) is 5.54 Å². The normalized spacial score (nSPS) is 23.8. The van der Waals surface area contributed by atoms with Crippen molar-refractivity contribution < 1.29 is 0 Å². The van der Waals surface area contributed by atoms with Crippen molar-refractivity contribution in [2.24, 2.45) is 5.41 Å². The number of rotatable bonds is 2. The first-order chi connectivity index (χ1) is 17.8. The Balaban J connectivity index is 1.40. The Morgan fingerprint density at radius 1 is 0.676 bits per heavy atom. The van der Waals surface area contributed by atoms with E-state index in [1.54, 1.807) is 0 Å². The molecule has 1 nitrogen and oxygen atoms in total. The summed E-state index contributed by atoms with van der Waals surface area (Å²) >= 11 is 0. The second-order valence-corrected chi connectivity index (χ2v) is 12.8. The number of benzene rings is 4. The van der Waals surface area contributed by atoms with Gasteiger partial charge in [-0.25, -0.2) is 0 Å². The smallest absolute Gasteiger partial charge is 0.0594 e. The number of anilines is 2. The van der Waals surface area contributed by atoms with E-state index in [-0.39, 0.29) is 16.4 Å². The van der Waals surface area contributed by atoms with Crippen LogP contribution in [-0.4, -0.2) is 5.54 Å². The van der Waals surface area contributed by atoms with Gasteiger partial charge in [-0.15, -0.1) is 0 Å². The highest BCUT2D eigenvalue weighted by Gasteiger charge is 2.65. The Bertz CT molecular complexity index is 1510. The predicted octanol–water partition coefficient (Wildman–Crippen LogP) is 9.69. The minimum absolute atomic E-state index is 0.0418. The summed E-state index contributed by atoms with van der Waals surface area (Å²) in [5, 5.41) is 0. The molecule has 1 heteroatoms. The summed E-state index contributed by atoms with van der Waals surface area (Å²) < 4.78 is 0. The van der Waals surface area contributed by atoms with Crippen molar-refractivity contribution >= 4 is 11.4 Å². The van der Waals surface area contributed by atoms with Gasteiger partial charge >= 0.3 is 0 Å². The van der Waals surface area contributed by atoms with Crippen molar-refractivity contribution in [3.05, 3.63) is 108 Å². The van der Waals surface area contributed by atoms with Gasteiger partial charge in [0, 0.05) is 16.8 Å². The van der Waals surface area contributed by atoms with Crippen molar-refractivity contribution in [3.8, 4) is 22.3 Å². The Labute approximate surface area is 222 Å². The summed E-state index contributed by atoms with van der Waals surface area (Å²) in [7, 11) is 0. The quantitative estimate of drug-likeness (QED) is 0.241. The van der Waals surface area contributed by atoms with Gasteiger partial charge in [-0.05, 0) is 87.9 Å². The van der Waals surface area contributed by atoms with Crippen molar-refractivity contribution in [1.29, 1.82) is 0 Å². The van der Waals surface area contributed by atoms with Crippen LogP contribution >= 0.6 is 0 Å². The lowest BCUT2D eigenvalue weighted by Crippen LogP contribution is -2.64. The zero-order valence-corrected chi connectivity index (χ0v) is 22.6. The highest BCUT2D eigenvalue weighted by atomic mass is 15.3. The molecule has 1 saturated carbocycles. The standard InChI is InChI=1S/C36H37N/c1-34(2,3)36-21-11-10-20-35(36,4)32-24-26(17-19-33(32)37(36)29-13-6-5-7-14-29)25-16-18-31-28(22-25)23-27-12-8-9-15-30(27)31/h5-9,12-19,22,24H,10-11,20-21,23H2,1-4H3. The molecule has 4 aromatic carbocycles. The van der Waals surface area contributed by atoms with Crippen LogP contribution in [0, 0.1) is 5.41 Å². The van der Waals surface area contributed by atoms with Crippen LogP contribution in [0.4, 0.5) is 11.4 Å². The molecule has 0 N–H and O–H groups in total. The maximum atomic E-state index is 2.74. The highest BCUT2D eigenvalue weighted by Crippen LogP contribution is 2.66. The van der Waals surface area contributed by atoms with Gasteiger partial charge in [0.1, 0.15) is 0 Å². The molecule has 0 bridgehead atoms. The van der Waals surface area contributed by atoms with Gasteiger partial charge in [-0.3, -0.25) is 0 Å². The first-order valence-electron chi connectivity index (χ1n) is 14.0. The highest BCUT2D eigenvalue weighted by molar-refractivity contribution is 5.83. The molecule has 0 radical (unpaired) electrons. The first kappa shape index (κ1) is 22.8. The lowest BCUT2D eigenvalue weighted by atomic mass is 9.52. The molecule has 37 heavy (non-hydrogen) atoms. The zero-order valence-electron chi connectivity index (χ0n) is 22.6. The molecule has 186 valence electrons. The largest absolute Gasteiger partial charge is 0.334 e. The van der Waals surface area contributed by atoms with E-state index in [2.05, 4.69) is 124 Å². The fourth-order valence-electron chi connectivity index (χ4n) is 8.42. The molecule has 0 amide bonds. The van der Waals surface area contributed by atoms with Crippen LogP contribution in [0.2, 0.25) is 0 Å². The molecule has 3 aliphatic rings. The average molecular weight is 484 g/mol. The summed E-state index contributed by atoms with van der Waals surface area (Å²) in [5.41, 5.74) is 12.9. The van der Waals surface area contributed by atoms with Crippen LogP contribution in [0.1, 0.15) is 70.1 Å². The van der Waals surface area contributed by atoms with Gasteiger partial charge in [0.15, 0.2) is 0 Å². The SMILES string of the molecule is CC(C)(C)C12CCCCC1(C)c1cc(-c3ccc4c(c3)Cc3ccccc3-4)ccc1N2c1ccccc1. The van der Waals surface area contributed by atoms with E-state index in [0.717, 1.165) is 6.42 Å². The van der Waals surface area contributed by atoms with Gasteiger partial charge in [-0.1, -0.05) is 107 Å². The third kappa shape index (κ3) is 3.03. The summed E-state index contributed by atoms with van der Waals surface area (Å²) in [6.45, 7) is 9.98. The van der Waals surface area contributed by atoms with Crippen LogP contribution < -0.4 is 4.90 Å². The monoisotopic (exact) mass is 483 g/mol. The van der Waals surface area contributed by atoms with Gasteiger partial charge in [0.2, 0.25) is 0 Å². The maximum absolute atomic E-state index is 2.74. The van der Waals surface area contributed by atoms with Crippen molar-refractivity contribution in [2.45, 2.75) is 70.8 Å². The molecular formula is C36H37N. The van der Waals surface area contributed by atoms with E-state index in [4.69, 9.17) is 0 Å². The summed E-state index contributed by atoms with van der Waals surface area (Å²) in [6, 6.07) is 34.5. The molecule has 1 aliphatic heterocycles. The molecule has 7 rings (SSSR count). The number of hydrogen-bond donors (Lipinski definition) is 0. The van der Waals surface area contributed by atoms with E-state index in [1.807, 2.05) is 0 Å².